The van der Waals surface area contributed by atoms with Gasteiger partial charge in [-0.25, -0.2) is 0 Å². The number of unbranched alkanes of at least 4 members (excludes halogenated alkanes) is 1. The molecular weight excluding hydrogens is 396 g/mol. The Morgan fingerprint density at radius 2 is 1.66 bits per heavy atom. The summed E-state index contributed by atoms with van der Waals surface area (Å²) in [5, 5.41) is 2.93. The lowest BCUT2D eigenvalue weighted by atomic mass is 9.86. The van der Waals surface area contributed by atoms with E-state index in [-0.39, 0.29) is 22.4 Å². The summed E-state index contributed by atoms with van der Waals surface area (Å²) in [5.41, 5.74) is 4.33. The van der Waals surface area contributed by atoms with Crippen LogP contribution < -0.4 is 10.9 Å². The third-order valence-electron chi connectivity index (χ3n) is 5.71. The van der Waals surface area contributed by atoms with Gasteiger partial charge in [0, 0.05) is 19.3 Å². The van der Waals surface area contributed by atoms with Crippen molar-refractivity contribution < 1.29 is 4.79 Å². The SMILES string of the molecule is CCCCn1cc(-c2ccc(C(C)(C)C)cc2)cc(C(=O)NCCc2ccccc2)c1=O. The van der Waals surface area contributed by atoms with Gasteiger partial charge in [0.05, 0.1) is 0 Å². The summed E-state index contributed by atoms with van der Waals surface area (Å²) in [5.74, 6) is -0.315. The second-order valence-electron chi connectivity index (χ2n) is 9.31. The standard InChI is InChI=1S/C28H34N2O2/c1-5-6-18-30-20-23(22-12-14-24(15-13-22)28(2,3)4)19-25(27(30)32)26(31)29-17-16-21-10-8-7-9-11-21/h7-15,19-20H,5-6,16-18H2,1-4H3,(H,29,31). The van der Waals surface area contributed by atoms with Gasteiger partial charge in [0.25, 0.3) is 11.5 Å². The Hall–Kier alpha value is -3.14. The molecule has 0 atom stereocenters. The van der Waals surface area contributed by atoms with E-state index in [4.69, 9.17) is 0 Å². The number of hydrogen-bond acceptors (Lipinski definition) is 2. The first kappa shape index (κ1) is 23.5. The van der Waals surface area contributed by atoms with Crippen molar-refractivity contribution in [1.82, 2.24) is 9.88 Å². The topological polar surface area (TPSA) is 51.1 Å². The highest BCUT2D eigenvalue weighted by Crippen LogP contribution is 2.26. The maximum Gasteiger partial charge on any atom is 0.263 e. The first-order valence-electron chi connectivity index (χ1n) is 11.5. The summed E-state index contributed by atoms with van der Waals surface area (Å²) in [6.45, 7) is 9.74. The van der Waals surface area contributed by atoms with Crippen LogP contribution in [0.4, 0.5) is 0 Å². The van der Waals surface area contributed by atoms with Crippen molar-refractivity contribution in [3.63, 3.8) is 0 Å². The number of carbonyl (C=O) groups is 1. The lowest BCUT2D eigenvalue weighted by Crippen LogP contribution is -2.34. The smallest absolute Gasteiger partial charge is 0.263 e. The highest BCUT2D eigenvalue weighted by atomic mass is 16.2. The maximum atomic E-state index is 13.0. The van der Waals surface area contributed by atoms with Crippen molar-refractivity contribution in [2.75, 3.05) is 6.54 Å². The molecular formula is C28H34N2O2. The number of rotatable bonds is 8. The molecule has 0 unspecified atom stereocenters. The predicted molar refractivity (Wildman–Crippen MR) is 132 cm³/mol. The quantitative estimate of drug-likeness (QED) is 0.507. The van der Waals surface area contributed by atoms with E-state index in [9.17, 15) is 9.59 Å². The average Bonchev–Trinajstić information content (AvgIpc) is 2.78. The van der Waals surface area contributed by atoms with E-state index >= 15 is 0 Å². The zero-order chi connectivity index (χ0) is 23.1. The van der Waals surface area contributed by atoms with Crippen LogP contribution in [0.5, 0.6) is 0 Å². The fourth-order valence-corrected chi connectivity index (χ4v) is 3.67. The molecule has 4 nitrogen and oxygen atoms in total. The van der Waals surface area contributed by atoms with Gasteiger partial charge < -0.3 is 9.88 Å². The molecule has 0 bridgehead atoms. The van der Waals surface area contributed by atoms with Crippen LogP contribution in [0.2, 0.25) is 0 Å². The second-order valence-corrected chi connectivity index (χ2v) is 9.31. The molecule has 0 fully saturated rings. The van der Waals surface area contributed by atoms with Crippen molar-refractivity contribution in [2.24, 2.45) is 0 Å². The summed E-state index contributed by atoms with van der Waals surface area (Å²) in [7, 11) is 0. The van der Waals surface area contributed by atoms with Gasteiger partial charge >= 0.3 is 0 Å². The van der Waals surface area contributed by atoms with Crippen LogP contribution in [0.15, 0.2) is 71.7 Å². The van der Waals surface area contributed by atoms with Gasteiger partial charge in [-0.1, -0.05) is 88.7 Å². The molecule has 0 aliphatic rings. The molecule has 0 spiro atoms. The number of hydrogen-bond donors (Lipinski definition) is 1. The molecule has 4 heteroatoms. The van der Waals surface area contributed by atoms with E-state index in [1.54, 1.807) is 10.6 Å². The first-order valence-corrected chi connectivity index (χ1v) is 11.5. The zero-order valence-corrected chi connectivity index (χ0v) is 19.7. The molecule has 2 aromatic carbocycles. The van der Waals surface area contributed by atoms with Crippen molar-refractivity contribution in [3.8, 4) is 11.1 Å². The van der Waals surface area contributed by atoms with E-state index in [1.807, 2.05) is 36.5 Å². The number of pyridine rings is 1. The largest absolute Gasteiger partial charge is 0.352 e. The summed E-state index contributed by atoms with van der Waals surface area (Å²) in [6, 6.07) is 20.1. The molecule has 0 saturated heterocycles. The number of carbonyl (C=O) groups excluding carboxylic acids is 1. The third kappa shape index (κ3) is 5.97. The van der Waals surface area contributed by atoms with E-state index in [2.05, 4.69) is 57.3 Å². The molecule has 0 aliphatic heterocycles. The van der Waals surface area contributed by atoms with E-state index < -0.39 is 0 Å². The average molecular weight is 431 g/mol. The van der Waals surface area contributed by atoms with Gasteiger partial charge in [0.15, 0.2) is 0 Å². The van der Waals surface area contributed by atoms with Gasteiger partial charge in [-0.2, -0.15) is 0 Å². The molecule has 0 radical (unpaired) electrons. The Kier molecular flexibility index (Phi) is 7.68. The minimum Gasteiger partial charge on any atom is -0.352 e. The lowest BCUT2D eigenvalue weighted by Gasteiger charge is -2.19. The highest BCUT2D eigenvalue weighted by molar-refractivity contribution is 5.95. The maximum absolute atomic E-state index is 13.0. The Bertz CT molecular complexity index is 1090. The van der Waals surface area contributed by atoms with Crippen LogP contribution >= 0.6 is 0 Å². The number of amides is 1. The molecule has 1 aromatic heterocycles. The zero-order valence-electron chi connectivity index (χ0n) is 19.7. The fourth-order valence-electron chi connectivity index (χ4n) is 3.67. The van der Waals surface area contributed by atoms with Gasteiger partial charge in [0.2, 0.25) is 0 Å². The van der Waals surface area contributed by atoms with Crippen molar-refractivity contribution in [1.29, 1.82) is 0 Å². The Morgan fingerprint density at radius 3 is 2.28 bits per heavy atom. The number of aromatic nitrogens is 1. The molecule has 3 aromatic rings. The van der Waals surface area contributed by atoms with Crippen LogP contribution in [0.25, 0.3) is 11.1 Å². The monoisotopic (exact) mass is 430 g/mol. The number of nitrogens with zero attached hydrogens (tertiary/aromatic N) is 1. The molecule has 168 valence electrons. The number of benzene rings is 2. The molecule has 1 heterocycles. The molecule has 3 rings (SSSR count). The molecule has 1 N–H and O–H groups in total. The molecule has 0 saturated carbocycles. The van der Waals surface area contributed by atoms with Crippen molar-refractivity contribution in [3.05, 3.63) is 93.9 Å². The first-order chi connectivity index (χ1) is 15.3. The highest BCUT2D eigenvalue weighted by Gasteiger charge is 2.17. The summed E-state index contributed by atoms with van der Waals surface area (Å²) >= 11 is 0. The van der Waals surface area contributed by atoms with Gasteiger partial charge in [-0.3, -0.25) is 9.59 Å². The molecule has 32 heavy (non-hydrogen) atoms. The summed E-state index contributed by atoms with van der Waals surface area (Å²) in [6.07, 6.45) is 4.48. The Balaban J connectivity index is 1.87. The number of aryl methyl sites for hydroxylation is 1. The second kappa shape index (κ2) is 10.4. The van der Waals surface area contributed by atoms with Crippen molar-refractivity contribution >= 4 is 5.91 Å². The van der Waals surface area contributed by atoms with Crippen LogP contribution in [0, 0.1) is 0 Å². The van der Waals surface area contributed by atoms with E-state index in [1.165, 1.54) is 5.56 Å². The van der Waals surface area contributed by atoms with E-state index in [0.717, 1.165) is 36.0 Å². The van der Waals surface area contributed by atoms with Crippen LogP contribution in [0.3, 0.4) is 0 Å². The molecule has 1 amide bonds. The van der Waals surface area contributed by atoms with Gasteiger partial charge in [-0.15, -0.1) is 0 Å². The summed E-state index contributed by atoms with van der Waals surface area (Å²) < 4.78 is 1.68. The minimum absolute atomic E-state index is 0.0717. The fraction of sp³-hybridized carbons (Fsp3) is 0.357. The predicted octanol–water partition coefficient (Wildman–Crippen LogP) is 5.59. The Morgan fingerprint density at radius 1 is 0.969 bits per heavy atom. The van der Waals surface area contributed by atoms with E-state index in [0.29, 0.717) is 13.1 Å². The number of nitrogens with one attached hydrogen (secondary N) is 1. The summed E-state index contributed by atoms with van der Waals surface area (Å²) in [4.78, 5) is 25.9. The van der Waals surface area contributed by atoms with Crippen LogP contribution in [-0.4, -0.2) is 17.0 Å². The van der Waals surface area contributed by atoms with Gasteiger partial charge in [0.1, 0.15) is 5.56 Å². The van der Waals surface area contributed by atoms with Crippen molar-refractivity contribution in [2.45, 2.75) is 58.9 Å². The normalized spacial score (nSPS) is 11.4. The Labute approximate surface area is 191 Å². The van der Waals surface area contributed by atoms with Gasteiger partial charge in [-0.05, 0) is 46.6 Å². The molecule has 0 aliphatic carbocycles. The van der Waals surface area contributed by atoms with Crippen LogP contribution in [-0.2, 0) is 18.4 Å². The third-order valence-corrected chi connectivity index (χ3v) is 5.71. The minimum atomic E-state index is -0.315. The van der Waals surface area contributed by atoms with Crippen LogP contribution in [0.1, 0.15) is 62.0 Å². The lowest BCUT2D eigenvalue weighted by molar-refractivity contribution is 0.0952.